The van der Waals surface area contributed by atoms with Crippen LogP contribution in [0.2, 0.25) is 0 Å². The summed E-state index contributed by atoms with van der Waals surface area (Å²) >= 11 is 0. The SMILES string of the molecule is CCN(CCO)c1ccc(CO)c(C)c1. The Morgan fingerprint density at radius 1 is 1.27 bits per heavy atom. The first kappa shape index (κ1) is 12.0. The molecule has 0 aliphatic rings. The van der Waals surface area contributed by atoms with Gasteiger partial charge in [-0.25, -0.2) is 0 Å². The number of aliphatic hydroxyl groups is 2. The third-order valence-electron chi connectivity index (χ3n) is 2.61. The normalized spacial score (nSPS) is 10.4. The molecule has 0 radical (unpaired) electrons. The first-order valence-corrected chi connectivity index (χ1v) is 5.29. The van der Waals surface area contributed by atoms with Crippen molar-refractivity contribution in [3.63, 3.8) is 0 Å². The van der Waals surface area contributed by atoms with E-state index in [9.17, 15) is 0 Å². The number of aryl methyl sites for hydroxylation is 1. The second-order valence-corrected chi connectivity index (χ2v) is 3.57. The van der Waals surface area contributed by atoms with Gasteiger partial charge in [0.1, 0.15) is 0 Å². The molecule has 0 atom stereocenters. The highest BCUT2D eigenvalue weighted by atomic mass is 16.3. The highest BCUT2D eigenvalue weighted by Gasteiger charge is 2.05. The summed E-state index contributed by atoms with van der Waals surface area (Å²) in [5.41, 5.74) is 3.14. The van der Waals surface area contributed by atoms with E-state index in [2.05, 4.69) is 11.8 Å². The number of hydrogen-bond acceptors (Lipinski definition) is 3. The Balaban J connectivity index is 2.89. The van der Waals surface area contributed by atoms with Gasteiger partial charge in [0, 0.05) is 18.8 Å². The Bertz CT molecular complexity index is 312. The van der Waals surface area contributed by atoms with E-state index in [0.717, 1.165) is 23.4 Å². The number of nitrogens with zero attached hydrogens (tertiary/aromatic N) is 1. The Kier molecular flexibility index (Phi) is 4.59. The summed E-state index contributed by atoms with van der Waals surface area (Å²) in [5.74, 6) is 0. The molecule has 0 aromatic heterocycles. The molecule has 0 saturated heterocycles. The van der Waals surface area contributed by atoms with Gasteiger partial charge in [0.2, 0.25) is 0 Å². The molecule has 15 heavy (non-hydrogen) atoms. The van der Waals surface area contributed by atoms with Crippen LogP contribution in [0.1, 0.15) is 18.1 Å². The van der Waals surface area contributed by atoms with Gasteiger partial charge >= 0.3 is 0 Å². The van der Waals surface area contributed by atoms with Crippen molar-refractivity contribution in [2.24, 2.45) is 0 Å². The summed E-state index contributed by atoms with van der Waals surface area (Å²) in [7, 11) is 0. The van der Waals surface area contributed by atoms with E-state index < -0.39 is 0 Å². The third kappa shape index (κ3) is 2.94. The molecule has 3 nitrogen and oxygen atoms in total. The van der Waals surface area contributed by atoms with Gasteiger partial charge in [-0.1, -0.05) is 6.07 Å². The molecule has 0 fully saturated rings. The van der Waals surface area contributed by atoms with E-state index in [1.54, 1.807) is 0 Å². The van der Waals surface area contributed by atoms with Gasteiger partial charge in [-0.05, 0) is 37.1 Å². The van der Waals surface area contributed by atoms with Crippen molar-refractivity contribution in [2.75, 3.05) is 24.6 Å². The Hall–Kier alpha value is -1.06. The van der Waals surface area contributed by atoms with Crippen LogP contribution in [0.3, 0.4) is 0 Å². The number of benzene rings is 1. The van der Waals surface area contributed by atoms with Crippen molar-refractivity contribution in [1.29, 1.82) is 0 Å². The Morgan fingerprint density at radius 3 is 2.47 bits per heavy atom. The highest BCUT2D eigenvalue weighted by Crippen LogP contribution is 2.18. The lowest BCUT2D eigenvalue weighted by molar-refractivity contribution is 0.281. The largest absolute Gasteiger partial charge is 0.395 e. The van der Waals surface area contributed by atoms with Crippen LogP contribution in [0, 0.1) is 6.92 Å². The minimum Gasteiger partial charge on any atom is -0.395 e. The second-order valence-electron chi connectivity index (χ2n) is 3.57. The number of likely N-dealkylation sites (N-methyl/N-ethyl adjacent to an activating group) is 1. The first-order chi connectivity index (χ1) is 7.22. The van der Waals surface area contributed by atoms with Crippen LogP contribution in [0.5, 0.6) is 0 Å². The zero-order chi connectivity index (χ0) is 11.3. The molecule has 1 aromatic rings. The van der Waals surface area contributed by atoms with Crippen LogP contribution in [0.25, 0.3) is 0 Å². The zero-order valence-corrected chi connectivity index (χ0v) is 9.40. The van der Waals surface area contributed by atoms with Crippen LogP contribution < -0.4 is 4.90 Å². The Labute approximate surface area is 91.0 Å². The molecule has 0 bridgehead atoms. The molecule has 3 heteroatoms. The number of anilines is 1. The van der Waals surface area contributed by atoms with Crippen molar-refractivity contribution in [2.45, 2.75) is 20.5 Å². The van der Waals surface area contributed by atoms with E-state index in [1.807, 2.05) is 25.1 Å². The summed E-state index contributed by atoms with van der Waals surface area (Å²) in [5, 5.41) is 18.0. The molecule has 0 spiro atoms. The van der Waals surface area contributed by atoms with Crippen molar-refractivity contribution in [1.82, 2.24) is 0 Å². The maximum Gasteiger partial charge on any atom is 0.0684 e. The predicted octanol–water partition coefficient (Wildman–Crippen LogP) is 1.31. The van der Waals surface area contributed by atoms with E-state index in [0.29, 0.717) is 6.54 Å². The van der Waals surface area contributed by atoms with Crippen LogP contribution in [-0.4, -0.2) is 29.9 Å². The molecule has 0 unspecified atom stereocenters. The van der Waals surface area contributed by atoms with Gasteiger partial charge in [0.25, 0.3) is 0 Å². The summed E-state index contributed by atoms with van der Waals surface area (Å²) in [6.45, 7) is 5.81. The average Bonchev–Trinajstić information content (AvgIpc) is 2.25. The maximum atomic E-state index is 9.05. The molecule has 0 heterocycles. The second kappa shape index (κ2) is 5.73. The van der Waals surface area contributed by atoms with E-state index in [1.165, 1.54) is 0 Å². The smallest absolute Gasteiger partial charge is 0.0684 e. The lowest BCUT2D eigenvalue weighted by atomic mass is 10.1. The molecule has 0 aliphatic heterocycles. The van der Waals surface area contributed by atoms with E-state index >= 15 is 0 Å². The molecule has 0 aliphatic carbocycles. The lowest BCUT2D eigenvalue weighted by Gasteiger charge is -2.22. The fourth-order valence-electron chi connectivity index (χ4n) is 1.64. The molecular weight excluding hydrogens is 190 g/mol. The molecular formula is C12H19NO2. The Morgan fingerprint density at radius 2 is 2.00 bits per heavy atom. The van der Waals surface area contributed by atoms with Crippen molar-refractivity contribution < 1.29 is 10.2 Å². The number of rotatable bonds is 5. The molecule has 0 amide bonds. The van der Waals surface area contributed by atoms with Gasteiger partial charge in [-0.15, -0.1) is 0 Å². The molecule has 2 N–H and O–H groups in total. The average molecular weight is 209 g/mol. The minimum absolute atomic E-state index is 0.0816. The highest BCUT2D eigenvalue weighted by molar-refractivity contribution is 5.50. The monoisotopic (exact) mass is 209 g/mol. The standard InChI is InChI=1S/C12H19NO2/c1-3-13(6-7-14)12-5-4-11(9-15)10(2)8-12/h4-5,8,14-15H,3,6-7,9H2,1-2H3. The molecule has 1 aromatic carbocycles. The van der Waals surface area contributed by atoms with E-state index in [4.69, 9.17) is 10.2 Å². The van der Waals surface area contributed by atoms with Crippen molar-refractivity contribution in [3.8, 4) is 0 Å². The minimum atomic E-state index is 0.0816. The molecule has 1 rings (SSSR count). The van der Waals surface area contributed by atoms with Gasteiger partial charge in [0.05, 0.1) is 13.2 Å². The third-order valence-corrected chi connectivity index (χ3v) is 2.61. The topological polar surface area (TPSA) is 43.7 Å². The lowest BCUT2D eigenvalue weighted by Crippen LogP contribution is -2.26. The van der Waals surface area contributed by atoms with Crippen LogP contribution >= 0.6 is 0 Å². The quantitative estimate of drug-likeness (QED) is 0.768. The van der Waals surface area contributed by atoms with Gasteiger partial charge in [-0.3, -0.25) is 0 Å². The maximum absolute atomic E-state index is 9.05. The molecule has 84 valence electrons. The van der Waals surface area contributed by atoms with Gasteiger partial charge < -0.3 is 15.1 Å². The van der Waals surface area contributed by atoms with Crippen molar-refractivity contribution >= 4 is 5.69 Å². The predicted molar refractivity (Wildman–Crippen MR) is 62.1 cm³/mol. The summed E-state index contributed by atoms with van der Waals surface area (Å²) < 4.78 is 0. The number of aliphatic hydroxyl groups excluding tert-OH is 2. The number of hydrogen-bond donors (Lipinski definition) is 2. The fraction of sp³-hybridized carbons (Fsp3) is 0.500. The van der Waals surface area contributed by atoms with Crippen LogP contribution in [0.15, 0.2) is 18.2 Å². The van der Waals surface area contributed by atoms with Crippen LogP contribution in [-0.2, 0) is 6.61 Å². The first-order valence-electron chi connectivity index (χ1n) is 5.29. The van der Waals surface area contributed by atoms with Crippen LogP contribution in [0.4, 0.5) is 5.69 Å². The fourth-order valence-corrected chi connectivity index (χ4v) is 1.64. The van der Waals surface area contributed by atoms with Crippen molar-refractivity contribution in [3.05, 3.63) is 29.3 Å². The van der Waals surface area contributed by atoms with E-state index in [-0.39, 0.29) is 13.2 Å². The summed E-state index contributed by atoms with van der Waals surface area (Å²) in [4.78, 5) is 2.11. The van der Waals surface area contributed by atoms with Gasteiger partial charge in [-0.2, -0.15) is 0 Å². The molecule has 0 saturated carbocycles. The summed E-state index contributed by atoms with van der Waals surface area (Å²) in [6.07, 6.45) is 0. The zero-order valence-electron chi connectivity index (χ0n) is 9.40. The summed E-state index contributed by atoms with van der Waals surface area (Å²) in [6, 6.07) is 5.97. The van der Waals surface area contributed by atoms with Gasteiger partial charge in [0.15, 0.2) is 0 Å².